The normalized spacial score (nSPS) is 14.2. The second-order valence-corrected chi connectivity index (χ2v) is 7.63. The highest BCUT2D eigenvalue weighted by Gasteiger charge is 2.27. The van der Waals surface area contributed by atoms with Crippen molar-refractivity contribution in [2.75, 3.05) is 13.4 Å². The van der Waals surface area contributed by atoms with Crippen LogP contribution in [0.1, 0.15) is 32.2 Å². The second kappa shape index (κ2) is 9.26. The summed E-state index contributed by atoms with van der Waals surface area (Å²) in [6.07, 6.45) is 0.810. The second-order valence-electron chi connectivity index (χ2n) is 7.20. The molecule has 1 amide bonds. The van der Waals surface area contributed by atoms with Gasteiger partial charge in [-0.1, -0.05) is 37.0 Å². The molecule has 2 aromatic carbocycles. The van der Waals surface area contributed by atoms with E-state index in [-0.39, 0.29) is 25.2 Å². The predicted molar refractivity (Wildman–Crippen MR) is 113 cm³/mol. The molecular formula is C22H22ClN3O5. The Hall–Kier alpha value is -3.26. The van der Waals surface area contributed by atoms with Gasteiger partial charge in [0.1, 0.15) is 11.8 Å². The monoisotopic (exact) mass is 443 g/mol. The van der Waals surface area contributed by atoms with Gasteiger partial charge in [-0.3, -0.25) is 4.79 Å². The first-order chi connectivity index (χ1) is 15.0. The molecule has 0 spiro atoms. The van der Waals surface area contributed by atoms with E-state index in [4.69, 9.17) is 30.3 Å². The number of benzene rings is 2. The molecule has 1 N–H and O–H groups in total. The van der Waals surface area contributed by atoms with Crippen LogP contribution in [0.3, 0.4) is 0 Å². The van der Waals surface area contributed by atoms with Gasteiger partial charge in [-0.25, -0.2) is 0 Å². The number of carbonyl (C=O) groups is 1. The first-order valence-electron chi connectivity index (χ1n) is 9.95. The molecule has 0 bridgehead atoms. The molecule has 0 aliphatic carbocycles. The molecular weight excluding hydrogens is 422 g/mol. The molecule has 2 heterocycles. The molecule has 2 atom stereocenters. The summed E-state index contributed by atoms with van der Waals surface area (Å²) in [5.41, 5.74) is 0.736. The predicted octanol–water partition coefficient (Wildman–Crippen LogP) is 4.40. The summed E-state index contributed by atoms with van der Waals surface area (Å²) in [5, 5.41) is 7.62. The zero-order valence-corrected chi connectivity index (χ0v) is 17.9. The molecule has 9 heteroatoms. The topological polar surface area (TPSA) is 95.7 Å². The third kappa shape index (κ3) is 4.91. The molecule has 0 fully saturated rings. The summed E-state index contributed by atoms with van der Waals surface area (Å²) in [5.74, 6) is 2.40. The highest BCUT2D eigenvalue weighted by atomic mass is 35.5. The zero-order chi connectivity index (χ0) is 21.8. The van der Waals surface area contributed by atoms with Crippen LogP contribution in [0.15, 0.2) is 47.0 Å². The first kappa shape index (κ1) is 21.0. The van der Waals surface area contributed by atoms with E-state index in [0.29, 0.717) is 34.0 Å². The number of halogens is 1. The average Bonchev–Trinajstić information content (AvgIpc) is 3.45. The average molecular weight is 444 g/mol. The van der Waals surface area contributed by atoms with E-state index in [9.17, 15) is 4.79 Å². The van der Waals surface area contributed by atoms with E-state index >= 15 is 0 Å². The summed E-state index contributed by atoms with van der Waals surface area (Å²) in [4.78, 5) is 17.0. The number of hydrogen-bond donors (Lipinski definition) is 1. The maximum Gasteiger partial charge on any atom is 0.258 e. The van der Waals surface area contributed by atoms with Crippen molar-refractivity contribution in [3.05, 3.63) is 53.4 Å². The lowest BCUT2D eigenvalue weighted by Gasteiger charge is -2.20. The van der Waals surface area contributed by atoms with Gasteiger partial charge in [0.05, 0.1) is 0 Å². The number of carbonyl (C=O) groups excluding carboxylic acids is 1. The van der Waals surface area contributed by atoms with Crippen LogP contribution in [-0.2, 0) is 4.79 Å². The van der Waals surface area contributed by atoms with Crippen LogP contribution >= 0.6 is 11.6 Å². The van der Waals surface area contributed by atoms with Gasteiger partial charge in [-0.05, 0) is 48.4 Å². The highest BCUT2D eigenvalue weighted by molar-refractivity contribution is 6.30. The molecule has 0 saturated heterocycles. The number of aromatic nitrogens is 2. The Balaban J connectivity index is 1.45. The van der Waals surface area contributed by atoms with E-state index in [1.807, 2.05) is 19.9 Å². The van der Waals surface area contributed by atoms with Gasteiger partial charge in [0.25, 0.3) is 5.91 Å². The number of nitrogens with one attached hydrogen (secondary N) is 1. The van der Waals surface area contributed by atoms with E-state index in [0.717, 1.165) is 12.0 Å². The van der Waals surface area contributed by atoms with Gasteiger partial charge >= 0.3 is 0 Å². The largest absolute Gasteiger partial charge is 0.484 e. The number of ether oxygens (including phenoxy) is 3. The molecule has 1 aliphatic heterocycles. The molecule has 0 radical (unpaired) electrons. The van der Waals surface area contributed by atoms with Crippen molar-refractivity contribution in [3.8, 4) is 28.6 Å². The lowest BCUT2D eigenvalue weighted by Crippen LogP contribution is -2.36. The third-order valence-electron chi connectivity index (χ3n) is 5.05. The molecule has 1 aromatic heterocycles. The van der Waals surface area contributed by atoms with Crippen LogP contribution in [0, 0.1) is 5.92 Å². The highest BCUT2D eigenvalue weighted by Crippen LogP contribution is 2.35. The first-order valence-corrected chi connectivity index (χ1v) is 10.3. The summed E-state index contributed by atoms with van der Waals surface area (Å²) >= 11 is 5.86. The van der Waals surface area contributed by atoms with Crippen LogP contribution in [-0.4, -0.2) is 29.4 Å². The summed E-state index contributed by atoms with van der Waals surface area (Å²) in [6.45, 7) is 4.09. The molecule has 4 rings (SSSR count). The lowest BCUT2D eigenvalue weighted by atomic mass is 9.99. The van der Waals surface area contributed by atoms with Crippen LogP contribution in [0.4, 0.5) is 0 Å². The fourth-order valence-electron chi connectivity index (χ4n) is 3.09. The number of rotatable bonds is 8. The number of fused-ring (bicyclic) bond motifs is 1. The molecule has 3 aromatic rings. The van der Waals surface area contributed by atoms with Crippen LogP contribution in [0.5, 0.6) is 17.2 Å². The molecule has 1 aliphatic rings. The number of nitrogens with zero attached hydrogens (tertiary/aromatic N) is 2. The molecule has 0 unspecified atom stereocenters. The summed E-state index contributed by atoms with van der Waals surface area (Å²) in [6, 6.07) is 11.8. The Morgan fingerprint density at radius 1 is 1.19 bits per heavy atom. The van der Waals surface area contributed by atoms with Gasteiger partial charge in [0.15, 0.2) is 18.1 Å². The van der Waals surface area contributed by atoms with Crippen molar-refractivity contribution in [1.82, 2.24) is 15.5 Å². The van der Waals surface area contributed by atoms with E-state index in [1.165, 1.54) is 0 Å². The Morgan fingerprint density at radius 2 is 1.97 bits per heavy atom. The van der Waals surface area contributed by atoms with Crippen LogP contribution in [0.25, 0.3) is 11.4 Å². The SMILES string of the molecule is CC[C@@H](C)[C@@H](NC(=O)COc1ccc(Cl)cc1)c1nc(-c2ccc3c(c2)OCO3)no1. The maximum atomic E-state index is 12.5. The quantitative estimate of drug-likeness (QED) is 0.551. The Labute approximate surface area is 184 Å². The minimum atomic E-state index is -0.443. The van der Waals surface area contributed by atoms with Gasteiger partial charge < -0.3 is 24.1 Å². The fraction of sp³-hybridized carbons (Fsp3) is 0.318. The van der Waals surface area contributed by atoms with Crippen molar-refractivity contribution < 1.29 is 23.5 Å². The Morgan fingerprint density at radius 3 is 2.74 bits per heavy atom. The molecule has 0 saturated carbocycles. The zero-order valence-electron chi connectivity index (χ0n) is 17.1. The molecule has 162 valence electrons. The third-order valence-corrected chi connectivity index (χ3v) is 5.30. The van der Waals surface area contributed by atoms with Gasteiger partial charge in [-0.2, -0.15) is 4.98 Å². The summed E-state index contributed by atoms with van der Waals surface area (Å²) < 4.78 is 21.8. The Kier molecular flexibility index (Phi) is 6.27. The maximum absolute atomic E-state index is 12.5. The minimum absolute atomic E-state index is 0.0736. The standard InChI is InChI=1S/C22H22ClN3O5/c1-3-13(2)20(24-19(27)11-28-16-7-5-15(23)6-8-16)22-25-21(26-31-22)14-4-9-17-18(10-14)30-12-29-17/h4-10,13,20H,3,11-12H2,1-2H3,(H,24,27)/t13-,20-/m1/s1. The smallest absolute Gasteiger partial charge is 0.258 e. The lowest BCUT2D eigenvalue weighted by molar-refractivity contribution is -0.124. The van der Waals surface area contributed by atoms with Crippen molar-refractivity contribution in [2.24, 2.45) is 5.92 Å². The van der Waals surface area contributed by atoms with Crippen molar-refractivity contribution >= 4 is 17.5 Å². The van der Waals surface area contributed by atoms with E-state index in [1.54, 1.807) is 36.4 Å². The minimum Gasteiger partial charge on any atom is -0.484 e. The van der Waals surface area contributed by atoms with Gasteiger partial charge in [0, 0.05) is 10.6 Å². The molecule has 31 heavy (non-hydrogen) atoms. The van der Waals surface area contributed by atoms with E-state index in [2.05, 4.69) is 15.5 Å². The van der Waals surface area contributed by atoms with Crippen LogP contribution in [0.2, 0.25) is 5.02 Å². The van der Waals surface area contributed by atoms with Gasteiger partial charge in [-0.15, -0.1) is 0 Å². The number of hydrogen-bond acceptors (Lipinski definition) is 7. The van der Waals surface area contributed by atoms with Gasteiger partial charge in [0.2, 0.25) is 18.5 Å². The number of amides is 1. The van der Waals surface area contributed by atoms with Crippen molar-refractivity contribution in [1.29, 1.82) is 0 Å². The fourth-order valence-corrected chi connectivity index (χ4v) is 3.22. The van der Waals surface area contributed by atoms with Crippen LogP contribution < -0.4 is 19.5 Å². The summed E-state index contributed by atoms with van der Waals surface area (Å²) in [7, 11) is 0. The molecule has 8 nitrogen and oxygen atoms in total. The van der Waals surface area contributed by atoms with E-state index < -0.39 is 6.04 Å². The Bertz CT molecular complexity index is 1050. The van der Waals surface area contributed by atoms with Crippen molar-refractivity contribution in [2.45, 2.75) is 26.3 Å². The van der Waals surface area contributed by atoms with Crippen molar-refractivity contribution in [3.63, 3.8) is 0 Å².